The Balaban J connectivity index is 2.02. The fraction of sp³-hybridized carbons (Fsp3) is 0.222. The Hall–Kier alpha value is -2.18. The Bertz CT molecular complexity index is 818. The molecule has 0 N–H and O–H groups in total. The van der Waals surface area contributed by atoms with Crippen molar-refractivity contribution in [3.05, 3.63) is 52.5 Å². The molecule has 0 saturated carbocycles. The first-order chi connectivity index (χ1) is 11.7. The van der Waals surface area contributed by atoms with E-state index in [4.69, 9.17) is 16.3 Å². The molecule has 0 aliphatic carbocycles. The lowest BCUT2D eigenvalue weighted by Gasteiger charge is -2.30. The van der Waals surface area contributed by atoms with Crippen molar-refractivity contribution in [1.82, 2.24) is 0 Å². The van der Waals surface area contributed by atoms with Gasteiger partial charge in [0.1, 0.15) is 12.1 Å². The molecule has 0 radical (unpaired) electrons. The maximum absolute atomic E-state index is 9.32. The van der Waals surface area contributed by atoms with Gasteiger partial charge in [-0.1, -0.05) is 23.4 Å². The van der Waals surface area contributed by atoms with Gasteiger partial charge >= 0.3 is 0 Å². The predicted octanol–water partition coefficient (Wildman–Crippen LogP) is 4.07. The van der Waals surface area contributed by atoms with Gasteiger partial charge in [0.15, 0.2) is 0 Å². The second-order valence-electron chi connectivity index (χ2n) is 5.24. The first-order valence-corrected chi connectivity index (χ1v) is 8.65. The summed E-state index contributed by atoms with van der Waals surface area (Å²) in [5.41, 5.74) is 1.76. The van der Waals surface area contributed by atoms with E-state index in [9.17, 15) is 10.5 Å². The van der Waals surface area contributed by atoms with Gasteiger partial charge < -0.3 is 9.64 Å². The third-order valence-electron chi connectivity index (χ3n) is 3.73. The fourth-order valence-electron chi connectivity index (χ4n) is 2.52. The van der Waals surface area contributed by atoms with Crippen molar-refractivity contribution in [3.63, 3.8) is 0 Å². The molecule has 2 aromatic rings. The van der Waals surface area contributed by atoms with Crippen molar-refractivity contribution in [2.24, 2.45) is 0 Å². The van der Waals surface area contributed by atoms with Crippen LogP contribution in [0.2, 0.25) is 5.02 Å². The second-order valence-corrected chi connectivity index (χ2v) is 6.80. The van der Waals surface area contributed by atoms with Gasteiger partial charge in [-0.3, -0.25) is 0 Å². The zero-order valence-electron chi connectivity index (χ0n) is 12.8. The lowest BCUT2D eigenvalue weighted by Crippen LogP contribution is -2.36. The number of nitrogens with zero attached hydrogens (tertiary/aromatic N) is 3. The Morgan fingerprint density at radius 2 is 1.62 bits per heavy atom. The molecule has 1 aliphatic heterocycles. The van der Waals surface area contributed by atoms with Gasteiger partial charge in [-0.2, -0.15) is 10.5 Å². The molecule has 0 unspecified atom stereocenters. The fourth-order valence-corrected chi connectivity index (χ4v) is 3.64. The van der Waals surface area contributed by atoms with Crippen molar-refractivity contribution < 1.29 is 4.74 Å². The Morgan fingerprint density at radius 3 is 2.25 bits per heavy atom. The molecule has 0 bridgehead atoms. The van der Waals surface area contributed by atoms with Crippen LogP contribution in [-0.2, 0) is 4.74 Å². The van der Waals surface area contributed by atoms with E-state index >= 15 is 0 Å². The minimum absolute atomic E-state index is 0.394. The number of hydrogen-bond acceptors (Lipinski definition) is 5. The van der Waals surface area contributed by atoms with Crippen molar-refractivity contribution in [3.8, 4) is 12.1 Å². The second kappa shape index (κ2) is 7.59. The van der Waals surface area contributed by atoms with Crippen LogP contribution in [0.3, 0.4) is 0 Å². The van der Waals surface area contributed by atoms with Crippen molar-refractivity contribution >= 4 is 29.1 Å². The molecular formula is C18H14ClN3OS. The quantitative estimate of drug-likeness (QED) is 0.830. The number of hydrogen-bond donors (Lipinski definition) is 0. The van der Waals surface area contributed by atoms with Crippen LogP contribution < -0.4 is 4.90 Å². The van der Waals surface area contributed by atoms with Crippen molar-refractivity contribution in [2.45, 2.75) is 9.79 Å². The first kappa shape index (κ1) is 16.7. The van der Waals surface area contributed by atoms with Gasteiger partial charge in [-0.05, 0) is 36.4 Å². The van der Waals surface area contributed by atoms with E-state index in [2.05, 4.69) is 17.0 Å². The summed E-state index contributed by atoms with van der Waals surface area (Å²) in [4.78, 5) is 4.18. The van der Waals surface area contributed by atoms with E-state index in [1.165, 1.54) is 0 Å². The number of halogens is 1. The van der Waals surface area contributed by atoms with Crippen LogP contribution in [0, 0.1) is 22.7 Å². The molecule has 0 spiro atoms. The third-order valence-corrected chi connectivity index (χ3v) is 5.04. The maximum Gasteiger partial charge on any atom is 0.101 e. The van der Waals surface area contributed by atoms with E-state index in [-0.39, 0.29) is 0 Å². The topological polar surface area (TPSA) is 60.1 Å². The average molecular weight is 356 g/mol. The minimum atomic E-state index is 0.394. The molecule has 1 fully saturated rings. The van der Waals surface area contributed by atoms with Crippen LogP contribution in [0.5, 0.6) is 0 Å². The number of nitriles is 2. The minimum Gasteiger partial charge on any atom is -0.378 e. The van der Waals surface area contributed by atoms with Gasteiger partial charge in [0.2, 0.25) is 0 Å². The van der Waals surface area contributed by atoms with E-state index in [0.29, 0.717) is 29.4 Å². The summed E-state index contributed by atoms with van der Waals surface area (Å²) in [6, 6.07) is 15.4. The zero-order chi connectivity index (χ0) is 16.9. The largest absolute Gasteiger partial charge is 0.378 e. The molecule has 0 amide bonds. The average Bonchev–Trinajstić information content (AvgIpc) is 2.64. The number of ether oxygens (including phenoxy) is 1. The summed E-state index contributed by atoms with van der Waals surface area (Å²) in [5, 5.41) is 19.3. The van der Waals surface area contributed by atoms with Crippen LogP contribution in [0.4, 0.5) is 5.69 Å². The zero-order valence-corrected chi connectivity index (χ0v) is 14.4. The molecule has 4 nitrogen and oxygen atoms in total. The van der Waals surface area contributed by atoms with Gasteiger partial charge in [0.25, 0.3) is 0 Å². The molecule has 1 saturated heterocycles. The third kappa shape index (κ3) is 3.66. The molecule has 2 aromatic carbocycles. The summed E-state index contributed by atoms with van der Waals surface area (Å²) in [6.45, 7) is 2.86. The molecule has 120 valence electrons. The number of morpholine rings is 1. The van der Waals surface area contributed by atoms with Crippen molar-refractivity contribution in [1.29, 1.82) is 10.5 Å². The van der Waals surface area contributed by atoms with Crippen molar-refractivity contribution in [2.75, 3.05) is 31.2 Å². The highest BCUT2D eigenvalue weighted by atomic mass is 35.5. The summed E-state index contributed by atoms with van der Waals surface area (Å²) in [5.74, 6) is 0. The lowest BCUT2D eigenvalue weighted by atomic mass is 10.1. The molecule has 0 aromatic heterocycles. The van der Waals surface area contributed by atoms with Crippen LogP contribution in [-0.4, -0.2) is 26.3 Å². The van der Waals surface area contributed by atoms with Crippen LogP contribution in [0.15, 0.2) is 46.2 Å². The summed E-state index contributed by atoms with van der Waals surface area (Å²) in [7, 11) is 0. The predicted molar refractivity (Wildman–Crippen MR) is 94.5 cm³/mol. The Morgan fingerprint density at radius 1 is 1.00 bits per heavy atom. The monoisotopic (exact) mass is 355 g/mol. The standard InChI is InChI=1S/C18H14ClN3OS/c19-15-1-3-16(4-2-15)24-18-10-14(12-21)13(11-20)9-17(18)22-5-7-23-8-6-22/h1-4,9-10H,5-8H2. The summed E-state index contributed by atoms with van der Waals surface area (Å²) in [6.07, 6.45) is 0. The number of anilines is 1. The number of rotatable bonds is 3. The van der Waals surface area contributed by atoms with Crippen LogP contribution in [0.25, 0.3) is 0 Å². The normalized spacial score (nSPS) is 14.0. The van der Waals surface area contributed by atoms with Crippen LogP contribution in [0.1, 0.15) is 11.1 Å². The summed E-state index contributed by atoms with van der Waals surface area (Å²) < 4.78 is 5.41. The SMILES string of the molecule is N#Cc1cc(Sc2ccc(Cl)cc2)c(N2CCOCC2)cc1C#N. The molecular weight excluding hydrogens is 342 g/mol. The first-order valence-electron chi connectivity index (χ1n) is 7.45. The van der Waals surface area contributed by atoms with E-state index in [1.54, 1.807) is 17.8 Å². The highest BCUT2D eigenvalue weighted by Gasteiger charge is 2.18. The van der Waals surface area contributed by atoms with E-state index in [0.717, 1.165) is 28.6 Å². The lowest BCUT2D eigenvalue weighted by molar-refractivity contribution is 0.122. The van der Waals surface area contributed by atoms with Gasteiger partial charge in [-0.15, -0.1) is 0 Å². The van der Waals surface area contributed by atoms with Crippen LogP contribution >= 0.6 is 23.4 Å². The number of benzene rings is 2. The van der Waals surface area contributed by atoms with Gasteiger partial charge in [0, 0.05) is 27.9 Å². The summed E-state index contributed by atoms with van der Waals surface area (Å²) >= 11 is 7.51. The molecule has 3 rings (SSSR count). The van der Waals surface area contributed by atoms with Gasteiger partial charge in [0.05, 0.1) is 30.0 Å². The Kier molecular flexibility index (Phi) is 5.27. The molecule has 1 aliphatic rings. The Labute approximate surface area is 150 Å². The molecule has 24 heavy (non-hydrogen) atoms. The molecule has 0 atom stereocenters. The molecule has 6 heteroatoms. The van der Waals surface area contributed by atoms with E-state index in [1.807, 2.05) is 30.3 Å². The van der Waals surface area contributed by atoms with Gasteiger partial charge in [-0.25, -0.2) is 0 Å². The molecule has 1 heterocycles. The maximum atomic E-state index is 9.32. The highest BCUT2D eigenvalue weighted by molar-refractivity contribution is 7.99. The smallest absolute Gasteiger partial charge is 0.101 e. The highest BCUT2D eigenvalue weighted by Crippen LogP contribution is 2.38. The van der Waals surface area contributed by atoms with E-state index < -0.39 is 0 Å².